The summed E-state index contributed by atoms with van der Waals surface area (Å²) in [4.78, 5) is 17.4. The summed E-state index contributed by atoms with van der Waals surface area (Å²) in [6, 6.07) is 15.7. The Balaban J connectivity index is 1.93. The molecule has 24 heavy (non-hydrogen) atoms. The predicted molar refractivity (Wildman–Crippen MR) is 96.6 cm³/mol. The summed E-state index contributed by atoms with van der Waals surface area (Å²) in [7, 11) is 4.09. The molecule has 3 rings (SSSR count). The highest BCUT2D eigenvalue weighted by Gasteiger charge is 2.12. The highest BCUT2D eigenvalue weighted by atomic mass is 16.5. The molecule has 4 heteroatoms. The molecule has 0 spiro atoms. The van der Waals surface area contributed by atoms with Gasteiger partial charge >= 0.3 is 0 Å². The average molecular weight is 323 g/mol. The number of rotatable bonds is 5. The lowest BCUT2D eigenvalue weighted by atomic mass is 10.1. The van der Waals surface area contributed by atoms with Crippen LogP contribution in [0.5, 0.6) is 5.75 Å². The maximum atomic E-state index is 12.8. The van der Waals surface area contributed by atoms with Crippen molar-refractivity contribution in [3.05, 3.63) is 75.6 Å². The first-order valence-corrected chi connectivity index (χ1v) is 8.16. The van der Waals surface area contributed by atoms with Crippen LogP contribution in [0.25, 0.3) is 10.9 Å². The first-order chi connectivity index (χ1) is 11.5. The molecule has 0 saturated heterocycles. The fourth-order valence-corrected chi connectivity index (χ4v) is 2.83. The number of fused-ring (bicyclic) bond motifs is 1. The maximum Gasteiger partial charge on any atom is 0.198 e. The molecule has 4 nitrogen and oxygen atoms in total. The van der Waals surface area contributed by atoms with Crippen molar-refractivity contribution in [1.82, 2.24) is 4.98 Å². The first-order valence-electron chi connectivity index (χ1n) is 8.16. The Kier molecular flexibility index (Phi) is 4.67. The monoisotopic (exact) mass is 323 g/mol. The SMILES string of the molecule is Cc1[nH]c2ccc(OCc3ccccc3)cc2c(=O)c1C[NH+](C)C. The minimum Gasteiger partial charge on any atom is -0.489 e. The largest absolute Gasteiger partial charge is 0.489 e. The lowest BCUT2D eigenvalue weighted by Crippen LogP contribution is -3.04. The van der Waals surface area contributed by atoms with Crippen molar-refractivity contribution in [1.29, 1.82) is 0 Å². The van der Waals surface area contributed by atoms with Gasteiger partial charge in [0.25, 0.3) is 0 Å². The molecule has 1 aromatic heterocycles. The minimum absolute atomic E-state index is 0.0904. The van der Waals surface area contributed by atoms with Crippen LogP contribution >= 0.6 is 0 Å². The molecule has 0 bridgehead atoms. The van der Waals surface area contributed by atoms with Gasteiger partial charge in [0.2, 0.25) is 0 Å². The summed E-state index contributed by atoms with van der Waals surface area (Å²) in [5, 5.41) is 0.683. The maximum absolute atomic E-state index is 12.8. The third kappa shape index (κ3) is 3.49. The molecule has 3 aromatic rings. The molecule has 0 aliphatic carbocycles. The molecule has 0 atom stereocenters. The number of pyridine rings is 1. The van der Waals surface area contributed by atoms with E-state index in [2.05, 4.69) is 4.98 Å². The van der Waals surface area contributed by atoms with E-state index < -0.39 is 0 Å². The summed E-state index contributed by atoms with van der Waals surface area (Å²) in [6.45, 7) is 3.15. The van der Waals surface area contributed by atoms with Crippen molar-refractivity contribution < 1.29 is 9.64 Å². The first kappa shape index (κ1) is 16.3. The highest BCUT2D eigenvalue weighted by molar-refractivity contribution is 5.81. The topological polar surface area (TPSA) is 46.5 Å². The molecule has 2 aromatic carbocycles. The zero-order chi connectivity index (χ0) is 17.1. The van der Waals surface area contributed by atoms with E-state index in [1.807, 2.05) is 69.6 Å². The van der Waals surface area contributed by atoms with Crippen LogP contribution in [0.1, 0.15) is 16.8 Å². The summed E-state index contributed by atoms with van der Waals surface area (Å²) >= 11 is 0. The molecular weight excluding hydrogens is 300 g/mol. The normalized spacial score (nSPS) is 11.2. The highest BCUT2D eigenvalue weighted by Crippen LogP contribution is 2.19. The van der Waals surface area contributed by atoms with Gasteiger partial charge in [-0.05, 0) is 30.7 Å². The molecule has 0 aliphatic rings. The second-order valence-corrected chi connectivity index (χ2v) is 6.42. The Morgan fingerprint density at radius 1 is 1.08 bits per heavy atom. The average Bonchev–Trinajstić information content (AvgIpc) is 2.58. The minimum atomic E-state index is 0.0904. The number of aryl methyl sites for hydroxylation is 1. The molecule has 124 valence electrons. The van der Waals surface area contributed by atoms with Gasteiger partial charge in [0, 0.05) is 16.6 Å². The van der Waals surface area contributed by atoms with Gasteiger partial charge in [0.15, 0.2) is 5.43 Å². The molecule has 1 heterocycles. The van der Waals surface area contributed by atoms with Crippen LogP contribution in [-0.4, -0.2) is 19.1 Å². The Bertz CT molecular complexity index is 899. The Labute approximate surface area is 141 Å². The van der Waals surface area contributed by atoms with E-state index in [0.717, 1.165) is 22.3 Å². The zero-order valence-electron chi connectivity index (χ0n) is 14.3. The van der Waals surface area contributed by atoms with E-state index in [1.54, 1.807) is 0 Å². The second-order valence-electron chi connectivity index (χ2n) is 6.42. The Hall–Kier alpha value is -2.59. The molecule has 0 saturated carbocycles. The van der Waals surface area contributed by atoms with E-state index in [1.165, 1.54) is 4.90 Å². The lowest BCUT2D eigenvalue weighted by Gasteiger charge is -2.12. The number of quaternary nitrogens is 1. The summed E-state index contributed by atoms with van der Waals surface area (Å²) in [6.07, 6.45) is 0. The Morgan fingerprint density at radius 2 is 1.83 bits per heavy atom. The number of aromatic nitrogens is 1. The van der Waals surface area contributed by atoms with Gasteiger partial charge in [0.05, 0.1) is 19.7 Å². The number of hydrogen-bond donors (Lipinski definition) is 2. The van der Waals surface area contributed by atoms with Gasteiger partial charge in [0.1, 0.15) is 18.9 Å². The van der Waals surface area contributed by atoms with Crippen molar-refractivity contribution >= 4 is 10.9 Å². The van der Waals surface area contributed by atoms with E-state index in [-0.39, 0.29) is 5.43 Å². The van der Waals surface area contributed by atoms with Crippen LogP contribution < -0.4 is 15.1 Å². The number of hydrogen-bond acceptors (Lipinski definition) is 2. The number of ether oxygens (including phenoxy) is 1. The van der Waals surface area contributed by atoms with Crippen LogP contribution in [0.3, 0.4) is 0 Å². The molecule has 0 amide bonds. The van der Waals surface area contributed by atoms with Gasteiger partial charge in [-0.3, -0.25) is 4.79 Å². The fourth-order valence-electron chi connectivity index (χ4n) is 2.83. The molecule has 0 unspecified atom stereocenters. The van der Waals surface area contributed by atoms with Crippen LogP contribution in [0.4, 0.5) is 0 Å². The summed E-state index contributed by atoms with van der Waals surface area (Å²) in [5.74, 6) is 0.712. The van der Waals surface area contributed by atoms with Gasteiger partial charge in [-0.25, -0.2) is 0 Å². The van der Waals surface area contributed by atoms with Crippen molar-refractivity contribution in [2.24, 2.45) is 0 Å². The number of nitrogens with one attached hydrogen (secondary N) is 2. The number of benzene rings is 2. The number of aromatic amines is 1. The van der Waals surface area contributed by atoms with Gasteiger partial charge < -0.3 is 14.6 Å². The van der Waals surface area contributed by atoms with E-state index in [9.17, 15) is 4.79 Å². The smallest absolute Gasteiger partial charge is 0.198 e. The van der Waals surface area contributed by atoms with Crippen LogP contribution in [0.2, 0.25) is 0 Å². The molecule has 0 aliphatic heterocycles. The Morgan fingerprint density at radius 3 is 2.54 bits per heavy atom. The third-order valence-electron chi connectivity index (χ3n) is 4.06. The van der Waals surface area contributed by atoms with Gasteiger partial charge in [-0.2, -0.15) is 0 Å². The van der Waals surface area contributed by atoms with E-state index in [4.69, 9.17) is 4.74 Å². The second kappa shape index (κ2) is 6.89. The number of H-pyrrole nitrogens is 1. The van der Waals surface area contributed by atoms with E-state index in [0.29, 0.717) is 24.3 Å². The van der Waals surface area contributed by atoms with Crippen LogP contribution in [0.15, 0.2) is 53.3 Å². The van der Waals surface area contributed by atoms with Crippen molar-refractivity contribution in [2.75, 3.05) is 14.1 Å². The molecule has 0 fully saturated rings. The predicted octanol–water partition coefficient (Wildman–Crippen LogP) is 2.06. The van der Waals surface area contributed by atoms with Crippen molar-refractivity contribution in [2.45, 2.75) is 20.1 Å². The van der Waals surface area contributed by atoms with Crippen LogP contribution in [0, 0.1) is 6.92 Å². The fraction of sp³-hybridized carbons (Fsp3) is 0.250. The molecule has 0 radical (unpaired) electrons. The summed E-state index contributed by atoms with van der Waals surface area (Å²) < 4.78 is 5.85. The third-order valence-corrected chi connectivity index (χ3v) is 4.06. The van der Waals surface area contributed by atoms with Crippen LogP contribution in [-0.2, 0) is 13.2 Å². The van der Waals surface area contributed by atoms with E-state index >= 15 is 0 Å². The van der Waals surface area contributed by atoms with Crippen molar-refractivity contribution in [3.63, 3.8) is 0 Å². The zero-order valence-corrected chi connectivity index (χ0v) is 14.3. The quantitative estimate of drug-likeness (QED) is 0.755. The molecule has 2 N–H and O–H groups in total. The van der Waals surface area contributed by atoms with Crippen molar-refractivity contribution in [3.8, 4) is 5.75 Å². The standard InChI is InChI=1S/C20H22N2O2/c1-14-18(12-22(2)3)20(23)17-11-16(9-10-19(17)21-14)24-13-15-7-5-4-6-8-15/h4-11H,12-13H2,1-3H3,(H,21,23)/p+1. The summed E-state index contributed by atoms with van der Waals surface area (Å²) in [5.41, 5.74) is 3.82. The lowest BCUT2D eigenvalue weighted by molar-refractivity contribution is -0.872. The van der Waals surface area contributed by atoms with Gasteiger partial charge in [-0.15, -0.1) is 0 Å². The van der Waals surface area contributed by atoms with Gasteiger partial charge in [-0.1, -0.05) is 30.3 Å². The molecular formula is C20H23N2O2+.